The SMILES string of the molecule is C=C=C(COCC(=C=CC)S(=O)(=O)c1ccccc1)S(=O)(=O)c1ccccc1. The highest BCUT2D eigenvalue weighted by molar-refractivity contribution is 7.95. The molecule has 0 unspecified atom stereocenters. The summed E-state index contributed by atoms with van der Waals surface area (Å²) in [7, 11) is -7.62. The largest absolute Gasteiger partial charge is 0.369 e. The monoisotopic (exact) mass is 416 g/mol. The topological polar surface area (TPSA) is 77.5 Å². The highest BCUT2D eigenvalue weighted by atomic mass is 32.2. The van der Waals surface area contributed by atoms with Gasteiger partial charge in [0.05, 0.1) is 23.0 Å². The summed E-state index contributed by atoms with van der Waals surface area (Å²) in [6.07, 6.45) is 1.46. The Kier molecular flexibility index (Phi) is 7.35. The lowest BCUT2D eigenvalue weighted by Crippen LogP contribution is -2.14. The molecular formula is C21H20O5S2. The van der Waals surface area contributed by atoms with E-state index in [1.807, 2.05) is 0 Å². The van der Waals surface area contributed by atoms with Gasteiger partial charge in [0.15, 0.2) is 0 Å². The fraction of sp³-hybridized carbons (Fsp3) is 0.143. The van der Waals surface area contributed by atoms with E-state index in [9.17, 15) is 16.8 Å². The zero-order valence-corrected chi connectivity index (χ0v) is 17.0. The second-order valence-electron chi connectivity index (χ2n) is 5.58. The van der Waals surface area contributed by atoms with Gasteiger partial charge < -0.3 is 4.74 Å². The van der Waals surface area contributed by atoms with Crippen LogP contribution in [-0.4, -0.2) is 30.0 Å². The van der Waals surface area contributed by atoms with Crippen molar-refractivity contribution in [1.29, 1.82) is 0 Å². The summed E-state index contributed by atoms with van der Waals surface area (Å²) in [4.78, 5) is -0.0671. The lowest BCUT2D eigenvalue weighted by Gasteiger charge is -2.10. The molecule has 0 N–H and O–H groups in total. The Bertz CT molecular complexity index is 1130. The van der Waals surface area contributed by atoms with Crippen molar-refractivity contribution >= 4 is 19.7 Å². The zero-order valence-electron chi connectivity index (χ0n) is 15.3. The van der Waals surface area contributed by atoms with Crippen LogP contribution < -0.4 is 0 Å². The van der Waals surface area contributed by atoms with Crippen LogP contribution in [0.15, 0.2) is 104 Å². The quantitative estimate of drug-likeness (QED) is 0.614. The molecule has 0 atom stereocenters. The molecule has 0 spiro atoms. The molecule has 0 aromatic heterocycles. The third-order valence-electron chi connectivity index (χ3n) is 3.72. The normalized spacial score (nSPS) is 11.2. The Morgan fingerprint density at radius 1 is 0.857 bits per heavy atom. The molecule has 0 aliphatic carbocycles. The molecular weight excluding hydrogens is 396 g/mol. The first-order chi connectivity index (χ1) is 13.3. The maximum Gasteiger partial charge on any atom is 0.212 e. The van der Waals surface area contributed by atoms with Crippen molar-refractivity contribution in [3.63, 3.8) is 0 Å². The Balaban J connectivity index is 2.20. The minimum atomic E-state index is -3.82. The van der Waals surface area contributed by atoms with Gasteiger partial charge in [-0.25, -0.2) is 16.8 Å². The van der Waals surface area contributed by atoms with E-state index in [0.29, 0.717) is 0 Å². The van der Waals surface area contributed by atoms with E-state index in [1.165, 1.54) is 30.3 Å². The second kappa shape index (κ2) is 9.51. The van der Waals surface area contributed by atoms with Crippen LogP contribution in [-0.2, 0) is 24.4 Å². The smallest absolute Gasteiger partial charge is 0.212 e. The second-order valence-corrected chi connectivity index (χ2v) is 9.52. The fourth-order valence-corrected chi connectivity index (χ4v) is 4.84. The van der Waals surface area contributed by atoms with E-state index < -0.39 is 19.7 Å². The van der Waals surface area contributed by atoms with E-state index >= 15 is 0 Å². The van der Waals surface area contributed by atoms with Crippen molar-refractivity contribution < 1.29 is 21.6 Å². The summed E-state index contributed by atoms with van der Waals surface area (Å²) in [6.45, 7) is 4.35. The Labute approximate surface area is 165 Å². The van der Waals surface area contributed by atoms with Crippen LogP contribution in [0.4, 0.5) is 0 Å². The van der Waals surface area contributed by atoms with E-state index in [4.69, 9.17) is 4.74 Å². The van der Waals surface area contributed by atoms with Crippen LogP contribution in [0.1, 0.15) is 6.92 Å². The van der Waals surface area contributed by atoms with E-state index in [-0.39, 0.29) is 32.8 Å². The van der Waals surface area contributed by atoms with Crippen LogP contribution in [0, 0.1) is 0 Å². The number of hydrogen-bond acceptors (Lipinski definition) is 5. The molecule has 2 aromatic rings. The first kappa shape index (κ1) is 21.6. The van der Waals surface area contributed by atoms with E-state index in [2.05, 4.69) is 18.0 Å². The summed E-state index contributed by atoms with van der Waals surface area (Å²) in [5.41, 5.74) is 5.05. The van der Waals surface area contributed by atoms with Gasteiger partial charge in [0.1, 0.15) is 9.81 Å². The minimum absolute atomic E-state index is 0.0888. The van der Waals surface area contributed by atoms with Crippen LogP contribution >= 0.6 is 0 Å². The van der Waals surface area contributed by atoms with Gasteiger partial charge in [-0.15, -0.1) is 11.5 Å². The summed E-state index contributed by atoms with van der Waals surface area (Å²) in [6, 6.07) is 15.7. The van der Waals surface area contributed by atoms with Gasteiger partial charge >= 0.3 is 0 Å². The molecule has 0 bridgehead atoms. The van der Waals surface area contributed by atoms with Gasteiger partial charge in [0.25, 0.3) is 0 Å². The predicted molar refractivity (Wildman–Crippen MR) is 108 cm³/mol. The number of sulfone groups is 2. The third-order valence-corrected chi connectivity index (χ3v) is 7.31. The summed E-state index contributed by atoms with van der Waals surface area (Å²) >= 11 is 0. The average molecular weight is 417 g/mol. The molecule has 0 aliphatic heterocycles. The molecule has 0 saturated carbocycles. The van der Waals surface area contributed by atoms with Gasteiger partial charge in [-0.2, -0.15) is 0 Å². The first-order valence-electron chi connectivity index (χ1n) is 8.31. The van der Waals surface area contributed by atoms with Crippen molar-refractivity contribution in [2.24, 2.45) is 0 Å². The summed E-state index contributed by atoms with van der Waals surface area (Å²) < 4.78 is 56.1. The predicted octanol–water partition coefficient (Wildman–Crippen LogP) is 3.68. The molecule has 2 aromatic carbocycles. The maximum atomic E-state index is 12.7. The molecule has 28 heavy (non-hydrogen) atoms. The molecule has 7 heteroatoms. The first-order valence-corrected chi connectivity index (χ1v) is 11.3. The zero-order chi connectivity index (χ0) is 20.6. The molecule has 0 heterocycles. The Hall–Kier alpha value is -2.66. The van der Waals surface area contributed by atoms with Crippen molar-refractivity contribution in [2.75, 3.05) is 13.2 Å². The molecule has 2 rings (SSSR count). The van der Waals surface area contributed by atoms with Gasteiger partial charge in [-0.05, 0) is 37.3 Å². The van der Waals surface area contributed by atoms with Crippen molar-refractivity contribution in [3.8, 4) is 0 Å². The van der Waals surface area contributed by atoms with Crippen LogP contribution in [0.5, 0.6) is 0 Å². The number of benzene rings is 2. The number of ether oxygens (including phenoxy) is 1. The van der Waals surface area contributed by atoms with Crippen molar-refractivity contribution in [2.45, 2.75) is 16.7 Å². The van der Waals surface area contributed by atoms with Crippen LogP contribution in [0.3, 0.4) is 0 Å². The van der Waals surface area contributed by atoms with Gasteiger partial charge in [0.2, 0.25) is 19.7 Å². The molecule has 0 amide bonds. The van der Waals surface area contributed by atoms with Crippen LogP contribution in [0.2, 0.25) is 0 Å². The maximum absolute atomic E-state index is 12.7. The van der Waals surface area contributed by atoms with Crippen LogP contribution in [0.25, 0.3) is 0 Å². The summed E-state index contributed by atoms with van der Waals surface area (Å²) in [5, 5.41) is 0. The number of rotatable bonds is 8. The summed E-state index contributed by atoms with van der Waals surface area (Å²) in [5.74, 6) is 0. The standard InChI is InChI=1S/C21H20O5S2/c1-3-11-21(28(24,25)20-14-9-6-10-15-20)17-26-16-18(4-2)27(22,23)19-12-7-5-8-13-19/h3,5-10,12-15H,2,16-17H2,1H3. The lowest BCUT2D eigenvalue weighted by atomic mass is 10.4. The van der Waals surface area contributed by atoms with Gasteiger partial charge in [0, 0.05) is 0 Å². The molecule has 0 aliphatic rings. The van der Waals surface area contributed by atoms with Gasteiger partial charge in [-0.3, -0.25) is 0 Å². The van der Waals surface area contributed by atoms with Crippen molar-refractivity contribution in [1.82, 2.24) is 0 Å². The molecule has 0 radical (unpaired) electrons. The van der Waals surface area contributed by atoms with E-state index in [0.717, 1.165) is 0 Å². The van der Waals surface area contributed by atoms with Crippen molar-refractivity contribution in [3.05, 3.63) is 94.6 Å². The van der Waals surface area contributed by atoms with E-state index in [1.54, 1.807) is 43.3 Å². The molecule has 5 nitrogen and oxygen atoms in total. The van der Waals surface area contributed by atoms with Gasteiger partial charge in [-0.1, -0.05) is 43.0 Å². The molecule has 0 fully saturated rings. The average Bonchev–Trinajstić information content (AvgIpc) is 2.71. The lowest BCUT2D eigenvalue weighted by molar-refractivity contribution is 0.188. The fourth-order valence-electron chi connectivity index (χ4n) is 2.30. The minimum Gasteiger partial charge on any atom is -0.369 e. The molecule has 0 saturated heterocycles. The molecule has 146 valence electrons. The third kappa shape index (κ3) is 4.98. The number of hydrogen-bond donors (Lipinski definition) is 0. The highest BCUT2D eigenvalue weighted by Crippen LogP contribution is 2.21. The Morgan fingerprint density at radius 2 is 1.29 bits per heavy atom. The Morgan fingerprint density at radius 3 is 1.71 bits per heavy atom. The highest BCUT2D eigenvalue weighted by Gasteiger charge is 2.23.